The molecule has 1 aromatic carbocycles. The van der Waals surface area contributed by atoms with E-state index in [1.807, 2.05) is 41.0 Å². The third-order valence-electron chi connectivity index (χ3n) is 3.61. The highest BCUT2D eigenvalue weighted by Crippen LogP contribution is 2.25. The van der Waals surface area contributed by atoms with Crippen molar-refractivity contribution in [2.45, 2.75) is 17.5 Å². The number of hydrogen-bond acceptors (Lipinski definition) is 8. The number of hydrogen-bond donors (Lipinski definition) is 0. The zero-order valence-corrected chi connectivity index (χ0v) is 14.7. The fourth-order valence-electron chi connectivity index (χ4n) is 2.32. The highest BCUT2D eigenvalue weighted by molar-refractivity contribution is 7.98. The summed E-state index contributed by atoms with van der Waals surface area (Å²) < 4.78 is 18.1. The van der Waals surface area contributed by atoms with Crippen LogP contribution in [0, 0.1) is 0 Å². The van der Waals surface area contributed by atoms with Gasteiger partial charge in [-0.1, -0.05) is 11.8 Å². The first kappa shape index (κ1) is 16.4. The summed E-state index contributed by atoms with van der Waals surface area (Å²) >= 11 is 1.47. The maximum absolute atomic E-state index is 5.73. The molecule has 0 saturated carbocycles. The van der Waals surface area contributed by atoms with Gasteiger partial charge in [0.15, 0.2) is 5.16 Å². The Balaban J connectivity index is 1.41. The fourth-order valence-corrected chi connectivity index (χ4v) is 3.08. The van der Waals surface area contributed by atoms with Crippen LogP contribution in [-0.2, 0) is 12.3 Å². The molecule has 0 N–H and O–H groups in total. The van der Waals surface area contributed by atoms with Gasteiger partial charge in [-0.25, -0.2) is 0 Å². The maximum Gasteiger partial charge on any atom is 0.247 e. The van der Waals surface area contributed by atoms with Crippen molar-refractivity contribution in [2.24, 2.45) is 0 Å². The van der Waals surface area contributed by atoms with Crippen molar-refractivity contribution in [3.63, 3.8) is 0 Å². The zero-order valence-electron chi connectivity index (χ0n) is 13.9. The number of ether oxygens (including phenoxy) is 1. The molecule has 0 amide bonds. The number of methoxy groups -OCH3 is 1. The Kier molecular flexibility index (Phi) is 4.69. The van der Waals surface area contributed by atoms with Gasteiger partial charge in [0.1, 0.15) is 17.8 Å². The van der Waals surface area contributed by atoms with E-state index in [1.54, 1.807) is 19.7 Å². The second-order valence-corrected chi connectivity index (χ2v) is 6.28. The quantitative estimate of drug-likeness (QED) is 0.458. The van der Waals surface area contributed by atoms with E-state index >= 15 is 0 Å². The molecule has 0 aliphatic rings. The smallest absolute Gasteiger partial charge is 0.247 e. The minimum absolute atomic E-state index is 0.473. The second kappa shape index (κ2) is 7.44. The van der Waals surface area contributed by atoms with E-state index in [9.17, 15) is 0 Å². The van der Waals surface area contributed by atoms with Crippen LogP contribution in [0.3, 0.4) is 0 Å². The number of furan rings is 1. The van der Waals surface area contributed by atoms with Gasteiger partial charge in [-0.15, -0.1) is 20.4 Å². The van der Waals surface area contributed by atoms with Crippen molar-refractivity contribution in [1.82, 2.24) is 25.0 Å². The SMILES string of the molecule is COc1ccc(-c2nnc(CSc3nncn3Cc3ccco3)o2)cc1. The molecular formula is C17H15N5O3S. The monoisotopic (exact) mass is 369 g/mol. The van der Waals surface area contributed by atoms with E-state index in [-0.39, 0.29) is 0 Å². The van der Waals surface area contributed by atoms with E-state index in [0.29, 0.717) is 24.1 Å². The second-order valence-electron chi connectivity index (χ2n) is 5.34. The maximum atomic E-state index is 5.73. The first-order valence-corrected chi connectivity index (χ1v) is 8.80. The third-order valence-corrected chi connectivity index (χ3v) is 4.58. The number of rotatable bonds is 7. The number of aromatic nitrogens is 5. The summed E-state index contributed by atoms with van der Waals surface area (Å²) in [5, 5.41) is 17.0. The lowest BCUT2D eigenvalue weighted by Crippen LogP contribution is -1.99. The summed E-state index contributed by atoms with van der Waals surface area (Å²) in [5.74, 6) is 3.11. The molecule has 4 aromatic rings. The molecule has 0 saturated heterocycles. The first-order chi connectivity index (χ1) is 12.8. The minimum Gasteiger partial charge on any atom is -0.497 e. The van der Waals surface area contributed by atoms with Crippen LogP contribution >= 0.6 is 11.8 Å². The predicted octanol–water partition coefficient (Wildman–Crippen LogP) is 3.27. The van der Waals surface area contributed by atoms with Gasteiger partial charge >= 0.3 is 0 Å². The lowest BCUT2D eigenvalue weighted by atomic mass is 10.2. The van der Waals surface area contributed by atoms with Gasteiger partial charge in [0.05, 0.1) is 25.7 Å². The summed E-state index contributed by atoms with van der Waals surface area (Å²) in [7, 11) is 1.63. The van der Waals surface area contributed by atoms with E-state index in [2.05, 4.69) is 20.4 Å². The summed E-state index contributed by atoms with van der Waals surface area (Å²) in [6.07, 6.45) is 3.31. The van der Waals surface area contributed by atoms with E-state index < -0.39 is 0 Å². The Bertz CT molecular complexity index is 963. The van der Waals surface area contributed by atoms with Crippen molar-refractivity contribution >= 4 is 11.8 Å². The molecule has 4 rings (SSSR count). The lowest BCUT2D eigenvalue weighted by Gasteiger charge is -2.02. The van der Waals surface area contributed by atoms with Crippen LogP contribution in [0.1, 0.15) is 11.7 Å². The topological polar surface area (TPSA) is 92.0 Å². The van der Waals surface area contributed by atoms with Gasteiger partial charge in [0.25, 0.3) is 0 Å². The molecule has 3 heterocycles. The van der Waals surface area contributed by atoms with Gasteiger partial charge in [0, 0.05) is 5.56 Å². The van der Waals surface area contributed by atoms with Crippen molar-refractivity contribution in [3.05, 3.63) is 60.6 Å². The van der Waals surface area contributed by atoms with Crippen LogP contribution in [0.2, 0.25) is 0 Å². The molecule has 0 radical (unpaired) electrons. The van der Waals surface area contributed by atoms with Crippen LogP contribution in [-0.4, -0.2) is 32.1 Å². The summed E-state index contributed by atoms with van der Waals surface area (Å²) in [6, 6.07) is 11.2. The fraction of sp³-hybridized carbons (Fsp3) is 0.176. The van der Waals surface area contributed by atoms with Gasteiger partial charge in [0.2, 0.25) is 11.8 Å². The Morgan fingerprint density at radius 3 is 2.77 bits per heavy atom. The van der Waals surface area contributed by atoms with E-state index in [0.717, 1.165) is 22.2 Å². The average Bonchev–Trinajstić information content (AvgIpc) is 3.43. The van der Waals surface area contributed by atoms with E-state index in [4.69, 9.17) is 13.6 Å². The molecule has 0 bridgehead atoms. The number of nitrogens with zero attached hydrogens (tertiary/aromatic N) is 5. The zero-order chi connectivity index (χ0) is 17.8. The molecule has 0 fully saturated rings. The number of benzene rings is 1. The van der Waals surface area contributed by atoms with Crippen LogP contribution in [0.25, 0.3) is 11.5 Å². The van der Waals surface area contributed by atoms with Gasteiger partial charge in [-0.05, 0) is 36.4 Å². The molecule has 0 atom stereocenters. The lowest BCUT2D eigenvalue weighted by molar-refractivity contribution is 0.415. The molecule has 0 aliphatic carbocycles. The highest BCUT2D eigenvalue weighted by atomic mass is 32.2. The van der Waals surface area contributed by atoms with Crippen molar-refractivity contribution in [2.75, 3.05) is 7.11 Å². The van der Waals surface area contributed by atoms with Crippen molar-refractivity contribution in [3.8, 4) is 17.2 Å². The van der Waals surface area contributed by atoms with Crippen LogP contribution in [0.4, 0.5) is 0 Å². The Hall–Kier alpha value is -3.07. The normalized spacial score (nSPS) is 11.0. The summed E-state index contributed by atoms with van der Waals surface area (Å²) in [4.78, 5) is 0. The molecule has 0 spiro atoms. The summed E-state index contributed by atoms with van der Waals surface area (Å²) in [6.45, 7) is 0.573. The van der Waals surface area contributed by atoms with Crippen LogP contribution in [0.15, 0.2) is 63.0 Å². The number of thioether (sulfide) groups is 1. The van der Waals surface area contributed by atoms with Gasteiger partial charge in [-0.2, -0.15) is 0 Å². The van der Waals surface area contributed by atoms with Gasteiger partial charge in [-0.3, -0.25) is 0 Å². The molecule has 0 unspecified atom stereocenters. The molecule has 132 valence electrons. The molecule has 9 heteroatoms. The van der Waals surface area contributed by atoms with Crippen LogP contribution < -0.4 is 4.74 Å². The Morgan fingerprint density at radius 1 is 1.12 bits per heavy atom. The Morgan fingerprint density at radius 2 is 2.00 bits per heavy atom. The first-order valence-electron chi connectivity index (χ1n) is 7.81. The largest absolute Gasteiger partial charge is 0.497 e. The van der Waals surface area contributed by atoms with Crippen LogP contribution in [0.5, 0.6) is 5.75 Å². The van der Waals surface area contributed by atoms with E-state index in [1.165, 1.54) is 11.8 Å². The molecule has 0 aliphatic heterocycles. The average molecular weight is 369 g/mol. The Labute approximate surface area is 153 Å². The standard InChI is InChI=1S/C17H15N5O3S/c1-23-13-6-4-12(5-7-13)16-20-19-15(25-16)10-26-17-21-18-11-22(17)9-14-3-2-8-24-14/h2-8,11H,9-10H2,1H3. The minimum atomic E-state index is 0.473. The molecule has 8 nitrogen and oxygen atoms in total. The third kappa shape index (κ3) is 3.62. The van der Waals surface area contributed by atoms with Crippen molar-refractivity contribution < 1.29 is 13.6 Å². The van der Waals surface area contributed by atoms with Crippen molar-refractivity contribution in [1.29, 1.82) is 0 Å². The summed E-state index contributed by atoms with van der Waals surface area (Å²) in [5.41, 5.74) is 0.843. The molecule has 3 aromatic heterocycles. The molecule has 26 heavy (non-hydrogen) atoms. The predicted molar refractivity (Wildman–Crippen MR) is 93.7 cm³/mol. The van der Waals surface area contributed by atoms with Gasteiger partial charge < -0.3 is 18.1 Å². The highest BCUT2D eigenvalue weighted by Gasteiger charge is 2.12. The molecular weight excluding hydrogens is 354 g/mol.